The molecule has 1 atom stereocenters. The Kier molecular flexibility index (Phi) is 7.45. The highest BCUT2D eigenvalue weighted by Gasteiger charge is 2.26. The summed E-state index contributed by atoms with van der Waals surface area (Å²) < 4.78 is 5.77. The summed E-state index contributed by atoms with van der Waals surface area (Å²) in [5, 5.41) is 0. The Hall–Kier alpha value is -1.68. The molecule has 1 heterocycles. The molecule has 1 aliphatic heterocycles. The molecule has 1 aliphatic rings. The molecule has 0 radical (unpaired) electrons. The topological polar surface area (TPSA) is 15.7 Å². The monoisotopic (exact) mass is 366 g/mol. The van der Waals surface area contributed by atoms with Gasteiger partial charge in [0.05, 0.1) is 12.6 Å². The summed E-state index contributed by atoms with van der Waals surface area (Å²) in [4.78, 5) is 5.17. The highest BCUT2D eigenvalue weighted by molar-refractivity contribution is 5.33. The fourth-order valence-corrected chi connectivity index (χ4v) is 3.76. The molecule has 3 rings (SSSR count). The zero-order valence-electron chi connectivity index (χ0n) is 17.1. The van der Waals surface area contributed by atoms with Crippen molar-refractivity contribution < 1.29 is 4.74 Å². The summed E-state index contributed by atoms with van der Waals surface area (Å²) in [5.41, 5.74) is 4.09. The average molecular weight is 367 g/mol. The molecule has 0 saturated carbocycles. The van der Waals surface area contributed by atoms with E-state index >= 15 is 0 Å². The van der Waals surface area contributed by atoms with Crippen LogP contribution in [0.15, 0.2) is 54.6 Å². The van der Waals surface area contributed by atoms with Crippen LogP contribution in [0, 0.1) is 12.8 Å². The number of nitrogens with zero attached hydrogens (tertiary/aromatic N) is 2. The van der Waals surface area contributed by atoms with Gasteiger partial charge in [-0.3, -0.25) is 9.80 Å². The number of aryl methyl sites for hydroxylation is 1. The number of benzene rings is 2. The van der Waals surface area contributed by atoms with Crippen LogP contribution in [0.2, 0.25) is 0 Å². The lowest BCUT2D eigenvalue weighted by Crippen LogP contribution is -2.48. The lowest BCUT2D eigenvalue weighted by molar-refractivity contribution is 0.0577. The van der Waals surface area contributed by atoms with Crippen molar-refractivity contribution in [3.8, 4) is 0 Å². The third kappa shape index (κ3) is 5.90. The number of hydrogen-bond donors (Lipinski definition) is 0. The zero-order chi connectivity index (χ0) is 19.1. The Labute approximate surface area is 164 Å². The van der Waals surface area contributed by atoms with E-state index in [9.17, 15) is 0 Å². The van der Waals surface area contributed by atoms with Gasteiger partial charge in [-0.15, -0.1) is 0 Å². The summed E-state index contributed by atoms with van der Waals surface area (Å²) >= 11 is 0. The van der Waals surface area contributed by atoms with E-state index in [0.717, 1.165) is 45.9 Å². The van der Waals surface area contributed by atoms with Gasteiger partial charge in [0.1, 0.15) is 0 Å². The summed E-state index contributed by atoms with van der Waals surface area (Å²) in [6.45, 7) is 13.7. The predicted octanol–water partition coefficient (Wildman–Crippen LogP) is 4.37. The van der Waals surface area contributed by atoms with Crippen molar-refractivity contribution in [2.45, 2.75) is 26.8 Å². The maximum atomic E-state index is 5.77. The van der Waals surface area contributed by atoms with Gasteiger partial charge in [-0.05, 0) is 24.0 Å². The predicted molar refractivity (Wildman–Crippen MR) is 113 cm³/mol. The minimum atomic E-state index is 0.339. The van der Waals surface area contributed by atoms with Gasteiger partial charge >= 0.3 is 0 Å². The molecule has 0 aromatic heterocycles. The van der Waals surface area contributed by atoms with Gasteiger partial charge in [0.2, 0.25) is 0 Å². The number of rotatable bonds is 8. The molecule has 0 N–H and O–H groups in total. The smallest absolute Gasteiger partial charge is 0.0602 e. The third-order valence-electron chi connectivity index (χ3n) is 5.28. The standard InChI is InChI=1S/C24H34N2O/c1-20(2)19-27-18-17-25-13-15-26(16-14-25)24(22-7-5-4-6-8-22)23-11-9-21(3)10-12-23/h4-12,20,24H,13-19H2,1-3H3. The van der Waals surface area contributed by atoms with Crippen LogP contribution in [0.1, 0.15) is 36.6 Å². The largest absolute Gasteiger partial charge is 0.380 e. The molecule has 2 aromatic rings. The first-order valence-electron chi connectivity index (χ1n) is 10.3. The van der Waals surface area contributed by atoms with Gasteiger partial charge in [-0.2, -0.15) is 0 Å². The molecule has 146 valence electrons. The van der Waals surface area contributed by atoms with Crippen molar-refractivity contribution in [3.05, 3.63) is 71.3 Å². The van der Waals surface area contributed by atoms with Gasteiger partial charge in [0, 0.05) is 39.3 Å². The van der Waals surface area contributed by atoms with Crippen LogP contribution in [0.4, 0.5) is 0 Å². The van der Waals surface area contributed by atoms with Crippen LogP contribution in [0.5, 0.6) is 0 Å². The molecule has 0 bridgehead atoms. The first kappa shape index (κ1) is 20.1. The fourth-order valence-electron chi connectivity index (χ4n) is 3.76. The minimum absolute atomic E-state index is 0.339. The first-order valence-corrected chi connectivity index (χ1v) is 10.3. The van der Waals surface area contributed by atoms with Gasteiger partial charge in [-0.1, -0.05) is 74.0 Å². The molecule has 1 fully saturated rings. The quantitative estimate of drug-likeness (QED) is 0.645. The summed E-state index contributed by atoms with van der Waals surface area (Å²) in [6.07, 6.45) is 0. The number of hydrogen-bond acceptors (Lipinski definition) is 3. The van der Waals surface area contributed by atoms with E-state index < -0.39 is 0 Å². The molecule has 0 amide bonds. The fraction of sp³-hybridized carbons (Fsp3) is 0.500. The molecule has 0 aliphatic carbocycles. The lowest BCUT2D eigenvalue weighted by atomic mass is 9.95. The van der Waals surface area contributed by atoms with Crippen LogP contribution in [0.3, 0.4) is 0 Å². The molecule has 27 heavy (non-hydrogen) atoms. The maximum absolute atomic E-state index is 5.77. The van der Waals surface area contributed by atoms with E-state index in [1.54, 1.807) is 0 Å². The maximum Gasteiger partial charge on any atom is 0.0602 e. The van der Waals surface area contributed by atoms with E-state index in [1.165, 1.54) is 16.7 Å². The molecule has 3 nitrogen and oxygen atoms in total. The molecule has 3 heteroatoms. The molecule has 2 aromatic carbocycles. The Morgan fingerprint density at radius 2 is 1.48 bits per heavy atom. The molecular weight excluding hydrogens is 332 g/mol. The van der Waals surface area contributed by atoms with Crippen molar-refractivity contribution in [1.82, 2.24) is 9.80 Å². The van der Waals surface area contributed by atoms with E-state index in [4.69, 9.17) is 4.74 Å². The van der Waals surface area contributed by atoms with Crippen molar-refractivity contribution >= 4 is 0 Å². The summed E-state index contributed by atoms with van der Waals surface area (Å²) in [5.74, 6) is 0.614. The van der Waals surface area contributed by atoms with Gasteiger partial charge < -0.3 is 4.74 Å². The van der Waals surface area contributed by atoms with Crippen LogP contribution in [-0.4, -0.2) is 55.7 Å². The van der Waals surface area contributed by atoms with Crippen molar-refractivity contribution in [1.29, 1.82) is 0 Å². The molecule has 0 spiro atoms. The zero-order valence-corrected chi connectivity index (χ0v) is 17.1. The van der Waals surface area contributed by atoms with Crippen LogP contribution < -0.4 is 0 Å². The second-order valence-electron chi connectivity index (χ2n) is 8.07. The van der Waals surface area contributed by atoms with Gasteiger partial charge in [-0.25, -0.2) is 0 Å². The van der Waals surface area contributed by atoms with E-state index in [2.05, 4.69) is 85.2 Å². The highest BCUT2D eigenvalue weighted by Crippen LogP contribution is 2.29. The molecule has 1 unspecified atom stereocenters. The van der Waals surface area contributed by atoms with Crippen LogP contribution >= 0.6 is 0 Å². The van der Waals surface area contributed by atoms with E-state index in [0.29, 0.717) is 12.0 Å². The Bertz CT molecular complexity index is 661. The van der Waals surface area contributed by atoms with Crippen LogP contribution in [0.25, 0.3) is 0 Å². The highest BCUT2D eigenvalue weighted by atomic mass is 16.5. The Morgan fingerprint density at radius 1 is 0.852 bits per heavy atom. The number of piperazine rings is 1. The second kappa shape index (κ2) is 10.0. The summed E-state index contributed by atoms with van der Waals surface area (Å²) in [7, 11) is 0. The van der Waals surface area contributed by atoms with Crippen molar-refractivity contribution in [2.24, 2.45) is 5.92 Å². The molecular formula is C24H34N2O. The minimum Gasteiger partial charge on any atom is -0.380 e. The van der Waals surface area contributed by atoms with Crippen molar-refractivity contribution in [3.63, 3.8) is 0 Å². The number of ether oxygens (including phenoxy) is 1. The van der Waals surface area contributed by atoms with Crippen LogP contribution in [-0.2, 0) is 4.74 Å². The Balaban J connectivity index is 1.62. The molecule has 1 saturated heterocycles. The van der Waals surface area contributed by atoms with Gasteiger partial charge in [0.15, 0.2) is 0 Å². The Morgan fingerprint density at radius 3 is 2.11 bits per heavy atom. The van der Waals surface area contributed by atoms with Crippen molar-refractivity contribution in [2.75, 3.05) is 45.9 Å². The first-order chi connectivity index (χ1) is 13.1. The average Bonchev–Trinajstić information content (AvgIpc) is 2.69. The van der Waals surface area contributed by atoms with E-state index in [-0.39, 0.29) is 0 Å². The SMILES string of the molecule is Cc1ccc(C(c2ccccc2)N2CCN(CCOCC(C)C)CC2)cc1. The second-order valence-corrected chi connectivity index (χ2v) is 8.07. The normalized spacial score (nSPS) is 17.3. The summed E-state index contributed by atoms with van der Waals surface area (Å²) in [6, 6.07) is 20.3. The van der Waals surface area contributed by atoms with E-state index in [1.807, 2.05) is 0 Å². The lowest BCUT2D eigenvalue weighted by Gasteiger charge is -2.39. The third-order valence-corrected chi connectivity index (χ3v) is 5.28. The van der Waals surface area contributed by atoms with Gasteiger partial charge in [0.25, 0.3) is 0 Å².